The van der Waals surface area contributed by atoms with Gasteiger partial charge in [0, 0.05) is 0 Å². The van der Waals surface area contributed by atoms with Gasteiger partial charge in [-0.2, -0.15) is 0 Å². The van der Waals surface area contributed by atoms with Gasteiger partial charge in [0.15, 0.2) is 0 Å². The van der Waals surface area contributed by atoms with Crippen molar-refractivity contribution in [3.05, 3.63) is 11.6 Å². The van der Waals surface area contributed by atoms with Gasteiger partial charge in [-0.3, -0.25) is 0 Å². The lowest BCUT2D eigenvalue weighted by Gasteiger charge is -2.32. The molecule has 0 aromatic rings. The fourth-order valence-corrected chi connectivity index (χ4v) is 1.67. The van der Waals surface area contributed by atoms with Crippen LogP contribution < -0.4 is 0 Å². The second kappa shape index (κ2) is 2.77. The monoisotopic (exact) mass is 138 g/mol. The van der Waals surface area contributed by atoms with Gasteiger partial charge in [-0.25, -0.2) is 0 Å². The summed E-state index contributed by atoms with van der Waals surface area (Å²) in [6.45, 7) is 9.17. The normalized spacial score (nSPS) is 31.9. The molecule has 0 nitrogen and oxygen atoms in total. The van der Waals surface area contributed by atoms with Crippen molar-refractivity contribution in [1.82, 2.24) is 0 Å². The summed E-state index contributed by atoms with van der Waals surface area (Å²) in [5.74, 6) is 2.61. The molecule has 0 saturated carbocycles. The average Bonchev–Trinajstić information content (AvgIpc) is 1.86. The Bertz CT molecular complexity index is 142. The van der Waals surface area contributed by atoms with E-state index in [1.54, 1.807) is 5.57 Å². The standard InChI is InChI=1S/C10H18/c1-7(2)5-10-6-8(3)9(10)4/h6-7,9-10H,5H2,1-4H3. The first-order chi connectivity index (χ1) is 4.61. The van der Waals surface area contributed by atoms with E-state index in [4.69, 9.17) is 0 Å². The molecule has 0 aromatic carbocycles. The average molecular weight is 138 g/mol. The Balaban J connectivity index is 2.35. The molecule has 0 heterocycles. The SMILES string of the molecule is CC1=CC(CC(C)C)C1C. The van der Waals surface area contributed by atoms with Gasteiger partial charge in [0.05, 0.1) is 0 Å². The van der Waals surface area contributed by atoms with Gasteiger partial charge in [-0.05, 0) is 31.1 Å². The zero-order valence-corrected chi connectivity index (χ0v) is 7.52. The van der Waals surface area contributed by atoms with Crippen LogP contribution in [0.1, 0.15) is 34.1 Å². The summed E-state index contributed by atoms with van der Waals surface area (Å²) in [4.78, 5) is 0. The Kier molecular flexibility index (Phi) is 2.18. The van der Waals surface area contributed by atoms with Gasteiger partial charge >= 0.3 is 0 Å². The van der Waals surface area contributed by atoms with E-state index in [9.17, 15) is 0 Å². The zero-order chi connectivity index (χ0) is 7.72. The maximum Gasteiger partial charge on any atom is -0.0165 e. The first-order valence-corrected chi connectivity index (χ1v) is 4.29. The number of hydrogen-bond donors (Lipinski definition) is 0. The summed E-state index contributed by atoms with van der Waals surface area (Å²) < 4.78 is 0. The van der Waals surface area contributed by atoms with E-state index in [1.165, 1.54) is 6.42 Å². The first kappa shape index (κ1) is 7.84. The summed E-state index contributed by atoms with van der Waals surface area (Å²) in [6, 6.07) is 0. The minimum absolute atomic E-state index is 0.858. The van der Waals surface area contributed by atoms with Crippen LogP contribution in [-0.4, -0.2) is 0 Å². The van der Waals surface area contributed by atoms with Crippen molar-refractivity contribution < 1.29 is 0 Å². The maximum absolute atomic E-state index is 2.42. The van der Waals surface area contributed by atoms with E-state index in [0.717, 1.165) is 17.8 Å². The summed E-state index contributed by atoms with van der Waals surface area (Å²) in [7, 11) is 0. The van der Waals surface area contributed by atoms with Crippen LogP contribution in [0.2, 0.25) is 0 Å². The van der Waals surface area contributed by atoms with E-state index in [1.807, 2.05) is 0 Å². The van der Waals surface area contributed by atoms with E-state index < -0.39 is 0 Å². The molecule has 0 heteroatoms. The number of hydrogen-bond acceptors (Lipinski definition) is 0. The molecule has 1 aliphatic carbocycles. The van der Waals surface area contributed by atoms with Gasteiger partial charge in [0.1, 0.15) is 0 Å². The molecule has 2 unspecified atom stereocenters. The smallest absolute Gasteiger partial charge is 0.0165 e. The molecule has 0 amide bonds. The summed E-state index contributed by atoms with van der Waals surface area (Å²) in [6.07, 6.45) is 3.79. The summed E-state index contributed by atoms with van der Waals surface area (Å²) in [5.41, 5.74) is 1.59. The van der Waals surface area contributed by atoms with Crippen LogP contribution in [0.15, 0.2) is 11.6 Å². The highest BCUT2D eigenvalue weighted by molar-refractivity contribution is 5.18. The van der Waals surface area contributed by atoms with Crippen molar-refractivity contribution in [2.24, 2.45) is 17.8 Å². The second-order valence-electron chi connectivity index (χ2n) is 3.99. The van der Waals surface area contributed by atoms with Gasteiger partial charge in [0.25, 0.3) is 0 Å². The van der Waals surface area contributed by atoms with E-state index in [-0.39, 0.29) is 0 Å². The number of allylic oxidation sites excluding steroid dienone is 2. The van der Waals surface area contributed by atoms with Gasteiger partial charge in [0.2, 0.25) is 0 Å². The molecule has 1 rings (SSSR count). The lowest BCUT2D eigenvalue weighted by molar-refractivity contribution is 0.352. The Hall–Kier alpha value is -0.260. The molecule has 0 radical (unpaired) electrons. The largest absolute Gasteiger partial charge is 0.0816 e. The number of rotatable bonds is 2. The van der Waals surface area contributed by atoms with E-state index in [0.29, 0.717) is 0 Å². The Morgan fingerprint density at radius 1 is 1.50 bits per heavy atom. The third-order valence-corrected chi connectivity index (χ3v) is 2.58. The molecule has 0 aliphatic heterocycles. The van der Waals surface area contributed by atoms with E-state index in [2.05, 4.69) is 33.8 Å². The second-order valence-corrected chi connectivity index (χ2v) is 3.99. The van der Waals surface area contributed by atoms with Crippen molar-refractivity contribution in [3.8, 4) is 0 Å². The van der Waals surface area contributed by atoms with Gasteiger partial charge in [-0.15, -0.1) is 0 Å². The Morgan fingerprint density at radius 3 is 2.40 bits per heavy atom. The minimum atomic E-state index is 0.858. The fraction of sp³-hybridized carbons (Fsp3) is 0.800. The molecule has 2 atom stereocenters. The fourth-order valence-electron chi connectivity index (χ4n) is 1.67. The van der Waals surface area contributed by atoms with Crippen LogP contribution in [-0.2, 0) is 0 Å². The van der Waals surface area contributed by atoms with Crippen LogP contribution in [0.25, 0.3) is 0 Å². The third-order valence-electron chi connectivity index (χ3n) is 2.58. The Labute approximate surface area is 64.3 Å². The molecule has 1 aliphatic rings. The van der Waals surface area contributed by atoms with Crippen molar-refractivity contribution in [2.75, 3.05) is 0 Å². The van der Waals surface area contributed by atoms with Crippen molar-refractivity contribution in [1.29, 1.82) is 0 Å². The minimum Gasteiger partial charge on any atom is -0.0816 e. The molecule has 10 heavy (non-hydrogen) atoms. The summed E-state index contributed by atoms with van der Waals surface area (Å²) >= 11 is 0. The molecule has 58 valence electrons. The molecule has 0 N–H and O–H groups in total. The third kappa shape index (κ3) is 1.42. The molecular formula is C10H18. The molecule has 0 aromatic heterocycles. The lowest BCUT2D eigenvalue weighted by atomic mass is 9.73. The van der Waals surface area contributed by atoms with Crippen LogP contribution >= 0.6 is 0 Å². The highest BCUT2D eigenvalue weighted by Crippen LogP contribution is 2.36. The molecular weight excluding hydrogens is 120 g/mol. The van der Waals surface area contributed by atoms with E-state index >= 15 is 0 Å². The van der Waals surface area contributed by atoms with Crippen LogP contribution in [0.4, 0.5) is 0 Å². The van der Waals surface area contributed by atoms with Gasteiger partial charge in [-0.1, -0.05) is 32.4 Å². The lowest BCUT2D eigenvalue weighted by Crippen LogP contribution is -2.21. The highest BCUT2D eigenvalue weighted by atomic mass is 14.3. The maximum atomic E-state index is 2.42. The topological polar surface area (TPSA) is 0 Å². The molecule has 0 saturated heterocycles. The van der Waals surface area contributed by atoms with Crippen molar-refractivity contribution in [2.45, 2.75) is 34.1 Å². The van der Waals surface area contributed by atoms with Crippen LogP contribution in [0.3, 0.4) is 0 Å². The molecule has 0 bridgehead atoms. The first-order valence-electron chi connectivity index (χ1n) is 4.29. The highest BCUT2D eigenvalue weighted by Gasteiger charge is 2.25. The summed E-state index contributed by atoms with van der Waals surface area (Å²) in [5, 5.41) is 0. The Morgan fingerprint density at radius 2 is 2.10 bits per heavy atom. The predicted octanol–water partition coefficient (Wildman–Crippen LogP) is 3.24. The van der Waals surface area contributed by atoms with Crippen molar-refractivity contribution >= 4 is 0 Å². The quantitative estimate of drug-likeness (QED) is 0.514. The molecule has 0 spiro atoms. The van der Waals surface area contributed by atoms with Crippen LogP contribution in [0, 0.1) is 17.8 Å². The van der Waals surface area contributed by atoms with Gasteiger partial charge < -0.3 is 0 Å². The predicted molar refractivity (Wildman–Crippen MR) is 45.9 cm³/mol. The van der Waals surface area contributed by atoms with Crippen LogP contribution in [0.5, 0.6) is 0 Å². The molecule has 0 fully saturated rings. The van der Waals surface area contributed by atoms with Crippen molar-refractivity contribution in [3.63, 3.8) is 0 Å². The zero-order valence-electron chi connectivity index (χ0n) is 7.52.